The highest BCUT2D eigenvalue weighted by atomic mass is 16.8. The lowest BCUT2D eigenvalue weighted by molar-refractivity contribution is -0.321. The van der Waals surface area contributed by atoms with E-state index in [0.717, 1.165) is 112 Å². The number of aromatic amines is 3. The van der Waals surface area contributed by atoms with Crippen molar-refractivity contribution in [2.45, 2.75) is 133 Å². The van der Waals surface area contributed by atoms with E-state index >= 15 is 0 Å². The van der Waals surface area contributed by atoms with Crippen LogP contribution in [0.25, 0.3) is 29.2 Å². The molecule has 3 aromatic rings. The number of carbonyl (C=O) groups is 1. The molecule has 5 aliphatic rings. The Hall–Kier alpha value is -4.93. The third-order valence-electron chi connectivity index (χ3n) is 13.6. The summed E-state index contributed by atoms with van der Waals surface area (Å²) in [6.07, 6.45) is 10.1. The summed E-state index contributed by atoms with van der Waals surface area (Å²) in [6, 6.07) is 0.0388. The summed E-state index contributed by atoms with van der Waals surface area (Å²) in [5.74, 6) is 0.0227. The van der Waals surface area contributed by atoms with Gasteiger partial charge in [-0.2, -0.15) is 0 Å². The summed E-state index contributed by atoms with van der Waals surface area (Å²) in [5, 5.41) is 4.06. The van der Waals surface area contributed by atoms with Crippen LogP contribution in [-0.2, 0) is 38.3 Å². The average Bonchev–Trinajstić information content (AvgIpc) is 4.01. The van der Waals surface area contributed by atoms with Crippen molar-refractivity contribution in [3.8, 4) is 11.4 Å². The second-order valence-electron chi connectivity index (χ2n) is 16.5. The number of nitrogens with zero attached hydrogens (tertiary/aromatic N) is 2. The number of methoxy groups -OCH3 is 1. The second kappa shape index (κ2) is 15.7. The molecule has 12 bridgehead atoms. The van der Waals surface area contributed by atoms with Gasteiger partial charge in [-0.25, -0.2) is 4.99 Å². The molecule has 5 aliphatic heterocycles. The molecular weight excluding hydrogens is 725 g/mol. The molecule has 0 radical (unpaired) electrons. The van der Waals surface area contributed by atoms with E-state index in [9.17, 15) is 4.79 Å². The van der Waals surface area contributed by atoms with E-state index in [1.54, 1.807) is 0 Å². The van der Waals surface area contributed by atoms with Crippen LogP contribution in [0.4, 0.5) is 0 Å². The van der Waals surface area contributed by atoms with Crippen molar-refractivity contribution in [3.63, 3.8) is 0 Å². The summed E-state index contributed by atoms with van der Waals surface area (Å²) in [4.78, 5) is 35.3. The standard InChI is InChI=1S/C48H60N6O4/c1-12-29-25(7)41-43-27(9)31(14-3)45(53-43)46-32(15-4)28(10)44(54-46)42-26(8)30(13-2)38(52-42)21-36-24(6)34(17-19-40-57-22-58-40)48(50-36)47-33(16-18-39(55)56-11)23(5)35(49-47)20-37(29)51-41/h20-21,27,40,43,49,52-54H,12-19,22H2,1-11H3/b36-21-,37-20-. The van der Waals surface area contributed by atoms with Crippen LogP contribution in [0.2, 0.25) is 0 Å². The number of nitrogens with one attached hydrogen (secondary N) is 4. The van der Waals surface area contributed by atoms with E-state index in [1.165, 1.54) is 57.5 Å². The zero-order chi connectivity index (χ0) is 41.2. The zero-order valence-corrected chi connectivity index (χ0v) is 36.3. The lowest BCUT2D eigenvalue weighted by Gasteiger charge is -2.27. The largest absolute Gasteiger partial charge is 0.469 e. The van der Waals surface area contributed by atoms with Crippen molar-refractivity contribution in [2.75, 3.05) is 13.9 Å². The van der Waals surface area contributed by atoms with E-state index in [2.05, 4.69) is 102 Å². The highest BCUT2D eigenvalue weighted by molar-refractivity contribution is 6.16. The molecule has 2 unspecified atom stereocenters. The minimum absolute atomic E-state index is 0.0388. The fourth-order valence-electron chi connectivity index (χ4n) is 10.1. The van der Waals surface area contributed by atoms with E-state index < -0.39 is 0 Å². The first-order valence-electron chi connectivity index (χ1n) is 21.4. The van der Waals surface area contributed by atoms with Crippen LogP contribution in [0.1, 0.15) is 137 Å². The van der Waals surface area contributed by atoms with Crippen LogP contribution in [-0.4, -0.2) is 58.6 Å². The number of aliphatic imine (C=N–C) groups is 2. The Labute approximate surface area is 343 Å². The molecule has 3 aromatic heterocycles. The van der Waals surface area contributed by atoms with Crippen molar-refractivity contribution in [1.29, 1.82) is 0 Å². The van der Waals surface area contributed by atoms with Crippen molar-refractivity contribution in [2.24, 2.45) is 15.9 Å². The molecule has 58 heavy (non-hydrogen) atoms. The first-order chi connectivity index (χ1) is 27.9. The molecule has 1 saturated heterocycles. The predicted molar refractivity (Wildman–Crippen MR) is 234 cm³/mol. The summed E-state index contributed by atoms with van der Waals surface area (Å²) < 4.78 is 16.5. The molecule has 306 valence electrons. The fourth-order valence-corrected chi connectivity index (χ4v) is 10.1. The van der Waals surface area contributed by atoms with Crippen LogP contribution in [0.3, 0.4) is 0 Å². The Morgan fingerprint density at radius 3 is 2.09 bits per heavy atom. The van der Waals surface area contributed by atoms with Gasteiger partial charge in [0.2, 0.25) is 0 Å². The predicted octanol–water partition coefficient (Wildman–Crippen LogP) is 10.0. The first kappa shape index (κ1) is 39.9. The van der Waals surface area contributed by atoms with Crippen molar-refractivity contribution in [3.05, 3.63) is 95.4 Å². The van der Waals surface area contributed by atoms with Crippen molar-refractivity contribution in [1.82, 2.24) is 20.3 Å². The SMILES string of the molecule is CCC1=C(C)C2=N/C1=C\c1[nH]c(c(CCC(=O)OC)c1C)C1=N/C(=C\c3[nH]c(c(C)c3CC)-c3[nH]c(c(CC)c3C)C3=C(CC)C(C)C2N3)C(C)=C1CCC1OCO1. The van der Waals surface area contributed by atoms with Gasteiger partial charge in [0.15, 0.2) is 13.1 Å². The third kappa shape index (κ3) is 6.43. The van der Waals surface area contributed by atoms with E-state index in [4.69, 9.17) is 24.2 Å². The molecule has 2 atom stereocenters. The van der Waals surface area contributed by atoms with Crippen molar-refractivity contribution >= 4 is 35.2 Å². The number of hydrogen-bond donors (Lipinski definition) is 4. The van der Waals surface area contributed by atoms with Gasteiger partial charge in [0.1, 0.15) is 0 Å². The second-order valence-corrected chi connectivity index (χ2v) is 16.5. The summed E-state index contributed by atoms with van der Waals surface area (Å²) >= 11 is 0. The number of hydrogen-bond acceptors (Lipinski definition) is 7. The average molecular weight is 785 g/mol. The zero-order valence-electron chi connectivity index (χ0n) is 36.3. The Bertz CT molecular complexity index is 2430. The number of allylic oxidation sites excluding steroid dienone is 3. The van der Waals surface area contributed by atoms with Gasteiger partial charge in [0.05, 0.1) is 64.4 Å². The van der Waals surface area contributed by atoms with Crippen LogP contribution in [0.15, 0.2) is 49.2 Å². The van der Waals surface area contributed by atoms with Gasteiger partial charge in [-0.15, -0.1) is 0 Å². The highest BCUT2D eigenvalue weighted by Gasteiger charge is 2.39. The van der Waals surface area contributed by atoms with Gasteiger partial charge in [-0.05, 0) is 147 Å². The molecule has 8 rings (SSSR count). The number of aromatic nitrogens is 3. The molecule has 10 heteroatoms. The third-order valence-corrected chi connectivity index (χ3v) is 13.6. The van der Waals surface area contributed by atoms with Gasteiger partial charge >= 0.3 is 5.97 Å². The van der Waals surface area contributed by atoms with Gasteiger partial charge < -0.3 is 34.5 Å². The minimum atomic E-state index is -0.237. The smallest absolute Gasteiger partial charge is 0.305 e. The van der Waals surface area contributed by atoms with E-state index in [1.807, 2.05) is 0 Å². The van der Waals surface area contributed by atoms with Gasteiger partial charge in [-0.1, -0.05) is 34.6 Å². The maximum absolute atomic E-state index is 12.6. The maximum atomic E-state index is 12.6. The molecule has 8 heterocycles. The number of ether oxygens (including phenoxy) is 3. The molecule has 4 N–H and O–H groups in total. The molecule has 0 saturated carbocycles. The Morgan fingerprint density at radius 1 is 0.741 bits per heavy atom. The number of H-pyrrole nitrogens is 3. The lowest BCUT2D eigenvalue weighted by atomic mass is 9.88. The lowest BCUT2D eigenvalue weighted by Crippen LogP contribution is -2.36. The van der Waals surface area contributed by atoms with Gasteiger partial charge in [0.25, 0.3) is 0 Å². The number of fused-ring (bicyclic) bond motifs is 14. The normalized spacial score (nSPS) is 22.1. The van der Waals surface area contributed by atoms with Crippen LogP contribution in [0, 0.1) is 26.7 Å². The van der Waals surface area contributed by atoms with Gasteiger partial charge in [-0.3, -0.25) is 9.79 Å². The van der Waals surface area contributed by atoms with Crippen LogP contribution in [0.5, 0.6) is 0 Å². The summed E-state index contributed by atoms with van der Waals surface area (Å²) in [7, 11) is 1.45. The quantitative estimate of drug-likeness (QED) is 0.152. The fraction of sp³-hybridized carbons (Fsp3) is 0.479. The Balaban J connectivity index is 1.40. The highest BCUT2D eigenvalue weighted by Crippen LogP contribution is 2.44. The maximum Gasteiger partial charge on any atom is 0.305 e. The van der Waals surface area contributed by atoms with Crippen molar-refractivity contribution < 1.29 is 19.0 Å². The minimum Gasteiger partial charge on any atom is -0.469 e. The Kier molecular flexibility index (Phi) is 10.8. The summed E-state index contributed by atoms with van der Waals surface area (Å²) in [6.45, 7) is 22.8. The first-order valence-corrected chi connectivity index (χ1v) is 21.4. The molecule has 0 amide bonds. The molecular formula is C48H60N6O4. The topological polar surface area (TPSA) is 129 Å². The summed E-state index contributed by atoms with van der Waals surface area (Å²) in [5.41, 5.74) is 25.1. The molecule has 0 aromatic carbocycles. The van der Waals surface area contributed by atoms with Crippen LogP contribution >= 0.6 is 0 Å². The van der Waals surface area contributed by atoms with Gasteiger partial charge in [0, 0.05) is 30.1 Å². The monoisotopic (exact) mass is 784 g/mol. The van der Waals surface area contributed by atoms with E-state index in [-0.39, 0.29) is 30.6 Å². The molecule has 1 fully saturated rings. The Morgan fingerprint density at radius 2 is 1.43 bits per heavy atom. The van der Waals surface area contributed by atoms with Crippen LogP contribution < -0.4 is 5.32 Å². The number of esters is 1. The number of carbonyl (C=O) groups excluding carboxylic acids is 1. The van der Waals surface area contributed by atoms with E-state index in [0.29, 0.717) is 13.2 Å². The molecule has 10 nitrogen and oxygen atoms in total. The molecule has 0 aliphatic carbocycles. The molecule has 0 spiro atoms. The number of rotatable bonds is 10.